The zero-order valence-corrected chi connectivity index (χ0v) is 13.7. The van der Waals surface area contributed by atoms with Crippen molar-refractivity contribution < 1.29 is 13.9 Å². The van der Waals surface area contributed by atoms with Gasteiger partial charge in [-0.25, -0.2) is 14.4 Å². The fourth-order valence-corrected chi connectivity index (χ4v) is 2.45. The number of nitrogen functional groups attached to an aromatic ring is 1. The summed E-state index contributed by atoms with van der Waals surface area (Å²) < 4.78 is 19.0. The van der Waals surface area contributed by atoms with Crippen LogP contribution in [0.15, 0.2) is 30.3 Å². The lowest BCUT2D eigenvalue weighted by molar-refractivity contribution is 0.0947. The Hall–Kier alpha value is -3.29. The SMILES string of the molecule is COc1cccc2c(C(=O)NCc3nc(C)ccc3F)nc(N)nc12. The second-order valence-corrected chi connectivity index (χ2v) is 5.35. The van der Waals surface area contributed by atoms with Crippen molar-refractivity contribution in [2.75, 3.05) is 12.8 Å². The van der Waals surface area contributed by atoms with E-state index in [1.807, 2.05) is 0 Å². The molecule has 1 amide bonds. The Labute approximate surface area is 143 Å². The van der Waals surface area contributed by atoms with Crippen molar-refractivity contribution >= 4 is 22.8 Å². The van der Waals surface area contributed by atoms with Crippen LogP contribution >= 0.6 is 0 Å². The highest BCUT2D eigenvalue weighted by atomic mass is 19.1. The number of fused-ring (bicyclic) bond motifs is 1. The predicted octanol–water partition coefficient (Wildman–Crippen LogP) is 1.99. The number of nitrogens with two attached hydrogens (primary N) is 1. The lowest BCUT2D eigenvalue weighted by Gasteiger charge is -2.10. The van der Waals surface area contributed by atoms with Crippen LogP contribution in [-0.2, 0) is 6.54 Å². The van der Waals surface area contributed by atoms with Crippen LogP contribution in [0.2, 0.25) is 0 Å². The van der Waals surface area contributed by atoms with E-state index in [4.69, 9.17) is 10.5 Å². The van der Waals surface area contributed by atoms with Crippen molar-refractivity contribution in [3.05, 3.63) is 53.2 Å². The molecule has 0 aliphatic heterocycles. The molecule has 8 heteroatoms. The summed E-state index contributed by atoms with van der Waals surface area (Å²) in [5.74, 6) is -0.566. The molecule has 2 aromatic heterocycles. The fraction of sp³-hybridized carbons (Fsp3) is 0.176. The molecule has 0 fully saturated rings. The Bertz CT molecular complexity index is 961. The van der Waals surface area contributed by atoms with Crippen molar-refractivity contribution in [2.45, 2.75) is 13.5 Å². The standard InChI is InChI=1S/C17H16FN5O2/c1-9-6-7-11(18)12(21-9)8-20-16(24)15-10-4-3-5-13(25-2)14(10)22-17(19)23-15/h3-7H,8H2,1-2H3,(H,20,24)(H2,19,22,23). The average Bonchev–Trinajstić information content (AvgIpc) is 2.61. The first-order valence-electron chi connectivity index (χ1n) is 7.50. The molecule has 2 heterocycles. The highest BCUT2D eigenvalue weighted by Gasteiger charge is 2.17. The van der Waals surface area contributed by atoms with Crippen LogP contribution in [-0.4, -0.2) is 28.0 Å². The van der Waals surface area contributed by atoms with E-state index in [-0.39, 0.29) is 23.9 Å². The first-order chi connectivity index (χ1) is 12.0. The molecule has 7 nitrogen and oxygen atoms in total. The molecule has 0 saturated carbocycles. The normalized spacial score (nSPS) is 10.7. The molecule has 3 aromatic rings. The summed E-state index contributed by atoms with van der Waals surface area (Å²) in [5.41, 5.74) is 7.04. The number of nitrogens with one attached hydrogen (secondary N) is 1. The summed E-state index contributed by atoms with van der Waals surface area (Å²) in [7, 11) is 1.50. The van der Waals surface area contributed by atoms with E-state index in [1.165, 1.54) is 13.2 Å². The predicted molar refractivity (Wildman–Crippen MR) is 90.6 cm³/mol. The molecule has 1 aromatic carbocycles. The molecule has 0 unspecified atom stereocenters. The van der Waals surface area contributed by atoms with E-state index >= 15 is 0 Å². The van der Waals surface area contributed by atoms with Gasteiger partial charge < -0.3 is 15.8 Å². The van der Waals surface area contributed by atoms with Crippen LogP contribution < -0.4 is 15.8 Å². The topological polar surface area (TPSA) is 103 Å². The van der Waals surface area contributed by atoms with Gasteiger partial charge in [-0.2, -0.15) is 0 Å². The van der Waals surface area contributed by atoms with Gasteiger partial charge in [0.1, 0.15) is 22.8 Å². The summed E-state index contributed by atoms with van der Waals surface area (Å²) >= 11 is 0. The molecule has 3 N–H and O–H groups in total. The first kappa shape index (κ1) is 16.6. The number of pyridine rings is 1. The second-order valence-electron chi connectivity index (χ2n) is 5.35. The van der Waals surface area contributed by atoms with E-state index in [1.54, 1.807) is 31.2 Å². The van der Waals surface area contributed by atoms with Crippen LogP contribution in [0.4, 0.5) is 10.3 Å². The third-order valence-electron chi connectivity index (χ3n) is 3.62. The Balaban J connectivity index is 1.93. The number of rotatable bonds is 4. The van der Waals surface area contributed by atoms with E-state index in [0.29, 0.717) is 22.3 Å². The Kier molecular flexibility index (Phi) is 4.42. The molecular weight excluding hydrogens is 325 g/mol. The number of hydrogen-bond acceptors (Lipinski definition) is 6. The van der Waals surface area contributed by atoms with E-state index < -0.39 is 11.7 Å². The molecule has 0 aliphatic carbocycles. The lowest BCUT2D eigenvalue weighted by Crippen LogP contribution is -2.26. The smallest absolute Gasteiger partial charge is 0.271 e. The van der Waals surface area contributed by atoms with Crippen molar-refractivity contribution in [1.29, 1.82) is 0 Å². The molecular formula is C17H16FN5O2. The van der Waals surface area contributed by atoms with Crippen molar-refractivity contribution in [1.82, 2.24) is 20.3 Å². The summed E-state index contributed by atoms with van der Waals surface area (Å²) in [6.45, 7) is 1.68. The van der Waals surface area contributed by atoms with E-state index in [2.05, 4.69) is 20.3 Å². The molecule has 0 atom stereocenters. The quantitative estimate of drug-likeness (QED) is 0.752. The maximum atomic E-state index is 13.8. The summed E-state index contributed by atoms with van der Waals surface area (Å²) in [4.78, 5) is 24.7. The van der Waals surface area contributed by atoms with Gasteiger partial charge in [-0.05, 0) is 25.1 Å². The minimum absolute atomic E-state index is 0.0537. The van der Waals surface area contributed by atoms with Crippen molar-refractivity contribution in [3.8, 4) is 5.75 Å². The monoisotopic (exact) mass is 341 g/mol. The highest BCUT2D eigenvalue weighted by molar-refractivity contribution is 6.05. The third kappa shape index (κ3) is 3.32. The van der Waals surface area contributed by atoms with E-state index in [9.17, 15) is 9.18 Å². The Morgan fingerprint density at radius 3 is 2.80 bits per heavy atom. The number of carbonyl (C=O) groups excluding carboxylic acids is 1. The number of aryl methyl sites for hydroxylation is 1. The molecule has 3 rings (SSSR count). The number of aromatic nitrogens is 3. The number of methoxy groups -OCH3 is 1. The maximum absolute atomic E-state index is 13.8. The van der Waals surface area contributed by atoms with Crippen molar-refractivity contribution in [3.63, 3.8) is 0 Å². The zero-order chi connectivity index (χ0) is 18.0. The number of anilines is 1. The van der Waals surface area contributed by atoms with Gasteiger partial charge in [0.25, 0.3) is 5.91 Å². The first-order valence-corrected chi connectivity index (χ1v) is 7.50. The van der Waals surface area contributed by atoms with Gasteiger partial charge in [-0.3, -0.25) is 9.78 Å². The van der Waals surface area contributed by atoms with Gasteiger partial charge in [0, 0.05) is 11.1 Å². The number of amides is 1. The molecule has 25 heavy (non-hydrogen) atoms. The number of nitrogens with zero attached hydrogens (tertiary/aromatic N) is 3. The van der Waals surface area contributed by atoms with Crippen LogP contribution in [0.25, 0.3) is 10.9 Å². The minimum atomic E-state index is -0.505. The zero-order valence-electron chi connectivity index (χ0n) is 13.7. The van der Waals surface area contributed by atoms with Crippen LogP contribution in [0.3, 0.4) is 0 Å². The molecule has 0 bridgehead atoms. The number of ether oxygens (including phenoxy) is 1. The number of hydrogen-bond donors (Lipinski definition) is 2. The lowest BCUT2D eigenvalue weighted by atomic mass is 10.1. The number of halogens is 1. The third-order valence-corrected chi connectivity index (χ3v) is 3.62. The summed E-state index contributed by atoms with van der Waals surface area (Å²) in [6, 6.07) is 8.00. The number of para-hydroxylation sites is 1. The largest absolute Gasteiger partial charge is 0.494 e. The summed E-state index contributed by atoms with van der Waals surface area (Å²) in [5, 5.41) is 3.10. The van der Waals surface area contributed by atoms with Gasteiger partial charge in [0.15, 0.2) is 0 Å². The van der Waals surface area contributed by atoms with Crippen LogP contribution in [0, 0.1) is 12.7 Å². The highest BCUT2D eigenvalue weighted by Crippen LogP contribution is 2.26. The fourth-order valence-electron chi connectivity index (χ4n) is 2.45. The van der Waals surface area contributed by atoms with Crippen LogP contribution in [0.1, 0.15) is 21.9 Å². The maximum Gasteiger partial charge on any atom is 0.271 e. The average molecular weight is 341 g/mol. The molecule has 0 aliphatic rings. The number of carbonyl (C=O) groups is 1. The molecule has 0 spiro atoms. The van der Waals surface area contributed by atoms with Gasteiger partial charge in [-0.15, -0.1) is 0 Å². The van der Waals surface area contributed by atoms with Crippen LogP contribution in [0.5, 0.6) is 5.75 Å². The van der Waals surface area contributed by atoms with Gasteiger partial charge in [-0.1, -0.05) is 12.1 Å². The van der Waals surface area contributed by atoms with Gasteiger partial charge in [0.2, 0.25) is 5.95 Å². The minimum Gasteiger partial charge on any atom is -0.494 e. The van der Waals surface area contributed by atoms with Gasteiger partial charge in [0.05, 0.1) is 19.3 Å². The van der Waals surface area contributed by atoms with Crippen molar-refractivity contribution in [2.24, 2.45) is 0 Å². The van der Waals surface area contributed by atoms with E-state index in [0.717, 1.165) is 0 Å². The molecule has 0 radical (unpaired) electrons. The Morgan fingerprint density at radius 2 is 2.04 bits per heavy atom. The second kappa shape index (κ2) is 6.68. The molecule has 128 valence electrons. The molecule has 0 saturated heterocycles. The van der Waals surface area contributed by atoms with Gasteiger partial charge >= 0.3 is 0 Å². The number of benzene rings is 1. The summed E-state index contributed by atoms with van der Waals surface area (Å²) in [6.07, 6.45) is 0. The Morgan fingerprint density at radius 1 is 1.24 bits per heavy atom.